The molecule has 2 rings (SSSR count). The van der Waals surface area contributed by atoms with Crippen LogP contribution < -0.4 is 0 Å². The van der Waals surface area contributed by atoms with Gasteiger partial charge < -0.3 is 9.52 Å². The minimum atomic E-state index is -1.14. The van der Waals surface area contributed by atoms with Crippen LogP contribution >= 0.6 is 11.6 Å². The Hall–Kier alpha value is -1.39. The first-order valence-corrected chi connectivity index (χ1v) is 4.82. The summed E-state index contributed by atoms with van der Waals surface area (Å²) in [5.74, 6) is -2.10. The second-order valence-corrected chi connectivity index (χ2v) is 3.65. The lowest BCUT2D eigenvalue weighted by molar-refractivity contribution is 0.218. The number of halogens is 3. The maximum Gasteiger partial charge on any atom is 0.160 e. The summed E-state index contributed by atoms with van der Waals surface area (Å²) < 4.78 is 30.6. The van der Waals surface area contributed by atoms with Crippen LogP contribution in [0.5, 0.6) is 0 Å². The molecular weight excluding hydrogens is 238 g/mol. The zero-order valence-corrected chi connectivity index (χ0v) is 8.71. The molecule has 1 aromatic heterocycles. The van der Waals surface area contributed by atoms with Crippen molar-refractivity contribution in [3.05, 3.63) is 58.5 Å². The number of benzene rings is 1. The predicted octanol–water partition coefficient (Wildman–Crippen LogP) is 3.29. The summed E-state index contributed by atoms with van der Waals surface area (Å²) in [6, 6.07) is 3.22. The molecule has 0 saturated heterocycles. The smallest absolute Gasteiger partial charge is 0.160 e. The molecule has 1 heterocycles. The van der Waals surface area contributed by atoms with Crippen molar-refractivity contribution in [2.45, 2.75) is 6.10 Å². The summed E-state index contributed by atoms with van der Waals surface area (Å²) in [6.45, 7) is 0. The Labute approximate surface area is 95.1 Å². The first-order valence-electron chi connectivity index (χ1n) is 4.44. The van der Waals surface area contributed by atoms with Gasteiger partial charge in [0.15, 0.2) is 11.6 Å². The largest absolute Gasteiger partial charge is 0.472 e. The van der Waals surface area contributed by atoms with E-state index in [4.69, 9.17) is 16.0 Å². The van der Waals surface area contributed by atoms with Gasteiger partial charge in [0.05, 0.1) is 12.5 Å². The summed E-state index contributed by atoms with van der Waals surface area (Å²) >= 11 is 5.72. The summed E-state index contributed by atoms with van der Waals surface area (Å²) in [5.41, 5.74) is 0.523. The van der Waals surface area contributed by atoms with Gasteiger partial charge in [-0.1, -0.05) is 11.6 Å². The SMILES string of the molecule is OC(c1ccoc1)c1cc(F)c(F)cc1Cl. The van der Waals surface area contributed by atoms with Gasteiger partial charge in [0, 0.05) is 16.1 Å². The number of rotatable bonds is 2. The van der Waals surface area contributed by atoms with Gasteiger partial charge in [-0.25, -0.2) is 8.78 Å². The van der Waals surface area contributed by atoms with Crippen LogP contribution in [0.2, 0.25) is 5.02 Å². The summed E-state index contributed by atoms with van der Waals surface area (Å²) in [7, 11) is 0. The lowest BCUT2D eigenvalue weighted by Gasteiger charge is -2.11. The van der Waals surface area contributed by atoms with Crippen LogP contribution in [0, 0.1) is 11.6 Å². The molecule has 0 aliphatic heterocycles. The quantitative estimate of drug-likeness (QED) is 0.823. The van der Waals surface area contributed by atoms with Gasteiger partial charge in [0.1, 0.15) is 6.10 Å². The highest BCUT2D eigenvalue weighted by molar-refractivity contribution is 6.31. The van der Waals surface area contributed by atoms with Crippen LogP contribution in [-0.4, -0.2) is 5.11 Å². The topological polar surface area (TPSA) is 33.4 Å². The first-order chi connectivity index (χ1) is 7.59. The Balaban J connectivity index is 2.44. The average molecular weight is 245 g/mol. The van der Waals surface area contributed by atoms with E-state index >= 15 is 0 Å². The van der Waals surface area contributed by atoms with E-state index in [1.807, 2.05) is 0 Å². The van der Waals surface area contributed by atoms with Crippen molar-refractivity contribution in [2.24, 2.45) is 0 Å². The van der Waals surface area contributed by atoms with Crippen LogP contribution in [0.4, 0.5) is 8.78 Å². The lowest BCUT2D eigenvalue weighted by atomic mass is 10.0. The van der Waals surface area contributed by atoms with E-state index in [2.05, 4.69) is 0 Å². The molecule has 1 unspecified atom stereocenters. The standard InChI is InChI=1S/C11H7ClF2O2/c12-8-4-10(14)9(13)3-7(8)11(15)6-1-2-16-5-6/h1-5,11,15H. The molecule has 2 aromatic rings. The lowest BCUT2D eigenvalue weighted by Crippen LogP contribution is -2.01. The third-order valence-electron chi connectivity index (χ3n) is 2.19. The van der Waals surface area contributed by atoms with Crippen LogP contribution in [0.15, 0.2) is 35.1 Å². The highest BCUT2D eigenvalue weighted by atomic mass is 35.5. The number of furan rings is 1. The maximum absolute atomic E-state index is 13.0. The van der Waals surface area contributed by atoms with Crippen LogP contribution in [0.25, 0.3) is 0 Å². The summed E-state index contributed by atoms with van der Waals surface area (Å²) in [4.78, 5) is 0. The van der Waals surface area contributed by atoms with E-state index in [1.165, 1.54) is 18.6 Å². The number of hydrogen-bond donors (Lipinski definition) is 1. The van der Waals surface area contributed by atoms with Gasteiger partial charge in [-0.3, -0.25) is 0 Å². The Morgan fingerprint density at radius 3 is 2.56 bits per heavy atom. The minimum Gasteiger partial charge on any atom is -0.472 e. The molecule has 5 heteroatoms. The van der Waals surface area contributed by atoms with Crippen molar-refractivity contribution in [1.82, 2.24) is 0 Å². The normalized spacial score (nSPS) is 12.8. The van der Waals surface area contributed by atoms with Gasteiger partial charge in [-0.2, -0.15) is 0 Å². The predicted molar refractivity (Wildman–Crippen MR) is 54.1 cm³/mol. The Kier molecular flexibility index (Phi) is 2.94. The summed E-state index contributed by atoms with van der Waals surface area (Å²) in [6.07, 6.45) is 1.54. The van der Waals surface area contributed by atoms with E-state index in [1.54, 1.807) is 0 Å². The molecule has 0 fully saturated rings. The van der Waals surface area contributed by atoms with Gasteiger partial charge in [-0.15, -0.1) is 0 Å². The number of aliphatic hydroxyl groups excluding tert-OH is 1. The zero-order valence-electron chi connectivity index (χ0n) is 7.95. The molecule has 1 N–H and O–H groups in total. The molecule has 16 heavy (non-hydrogen) atoms. The molecule has 0 bridgehead atoms. The molecule has 2 nitrogen and oxygen atoms in total. The van der Waals surface area contributed by atoms with Crippen molar-refractivity contribution in [3.63, 3.8) is 0 Å². The third kappa shape index (κ3) is 1.94. The van der Waals surface area contributed by atoms with Crippen molar-refractivity contribution in [3.8, 4) is 0 Å². The van der Waals surface area contributed by atoms with Gasteiger partial charge in [0.25, 0.3) is 0 Å². The van der Waals surface area contributed by atoms with Crippen molar-refractivity contribution in [1.29, 1.82) is 0 Å². The summed E-state index contributed by atoms with van der Waals surface area (Å²) in [5, 5.41) is 9.81. The van der Waals surface area contributed by atoms with Crippen LogP contribution in [-0.2, 0) is 0 Å². The molecule has 1 atom stereocenters. The molecule has 1 aromatic carbocycles. The van der Waals surface area contributed by atoms with Crippen molar-refractivity contribution < 1.29 is 18.3 Å². The molecule has 0 radical (unpaired) electrons. The highest BCUT2D eigenvalue weighted by Crippen LogP contribution is 2.30. The third-order valence-corrected chi connectivity index (χ3v) is 2.52. The molecule has 0 aliphatic carbocycles. The fraction of sp³-hybridized carbons (Fsp3) is 0.0909. The monoisotopic (exact) mass is 244 g/mol. The van der Waals surface area contributed by atoms with Gasteiger partial charge >= 0.3 is 0 Å². The maximum atomic E-state index is 13.0. The van der Waals surface area contributed by atoms with E-state index in [-0.39, 0.29) is 10.6 Å². The number of aliphatic hydroxyl groups is 1. The Morgan fingerprint density at radius 1 is 1.25 bits per heavy atom. The van der Waals surface area contributed by atoms with Crippen molar-refractivity contribution >= 4 is 11.6 Å². The second kappa shape index (κ2) is 4.23. The van der Waals surface area contributed by atoms with E-state index in [0.29, 0.717) is 5.56 Å². The fourth-order valence-electron chi connectivity index (χ4n) is 1.36. The molecule has 0 saturated carbocycles. The molecular formula is C11H7ClF2O2. The van der Waals surface area contributed by atoms with E-state index < -0.39 is 17.7 Å². The first kappa shape index (κ1) is 11.1. The second-order valence-electron chi connectivity index (χ2n) is 3.25. The minimum absolute atomic E-state index is 0.0346. The highest BCUT2D eigenvalue weighted by Gasteiger charge is 2.17. The van der Waals surface area contributed by atoms with Crippen LogP contribution in [0.1, 0.15) is 17.2 Å². The van der Waals surface area contributed by atoms with E-state index in [9.17, 15) is 13.9 Å². The Morgan fingerprint density at radius 2 is 1.94 bits per heavy atom. The average Bonchev–Trinajstić information content (AvgIpc) is 2.75. The van der Waals surface area contributed by atoms with Gasteiger partial charge in [0.2, 0.25) is 0 Å². The van der Waals surface area contributed by atoms with E-state index in [0.717, 1.165) is 12.1 Å². The van der Waals surface area contributed by atoms with Gasteiger partial charge in [-0.05, 0) is 18.2 Å². The number of hydrogen-bond acceptors (Lipinski definition) is 2. The molecule has 0 spiro atoms. The van der Waals surface area contributed by atoms with Crippen molar-refractivity contribution in [2.75, 3.05) is 0 Å². The zero-order chi connectivity index (χ0) is 11.7. The molecule has 84 valence electrons. The molecule has 0 aliphatic rings. The Bertz CT molecular complexity index is 497. The van der Waals surface area contributed by atoms with Crippen LogP contribution in [0.3, 0.4) is 0 Å². The fourth-order valence-corrected chi connectivity index (χ4v) is 1.61. The molecule has 0 amide bonds.